The van der Waals surface area contributed by atoms with E-state index in [0.717, 1.165) is 11.6 Å². The highest BCUT2D eigenvalue weighted by molar-refractivity contribution is 7.90. The van der Waals surface area contributed by atoms with E-state index in [9.17, 15) is 13.2 Å². The van der Waals surface area contributed by atoms with Gasteiger partial charge in [0.2, 0.25) is 5.76 Å². The van der Waals surface area contributed by atoms with Crippen molar-refractivity contribution in [3.05, 3.63) is 65.9 Å². The van der Waals surface area contributed by atoms with Crippen LogP contribution in [-0.2, 0) is 19.4 Å². The van der Waals surface area contributed by atoms with Crippen LogP contribution in [-0.4, -0.2) is 26.2 Å². The second kappa shape index (κ2) is 6.24. The lowest BCUT2D eigenvalue weighted by molar-refractivity contribution is -0.145. The van der Waals surface area contributed by atoms with Crippen molar-refractivity contribution in [3.8, 4) is 5.95 Å². The van der Waals surface area contributed by atoms with Crippen molar-refractivity contribution in [2.75, 3.05) is 6.26 Å². The molecule has 0 bridgehead atoms. The average molecular weight is 398 g/mol. The number of sulfone groups is 1. The summed E-state index contributed by atoms with van der Waals surface area (Å²) in [6, 6.07) is 15.4. The first kappa shape index (κ1) is 18.3. The Bertz CT molecular complexity index is 1180. The van der Waals surface area contributed by atoms with Crippen molar-refractivity contribution in [2.24, 2.45) is 0 Å². The van der Waals surface area contributed by atoms with Gasteiger partial charge >= 0.3 is 5.97 Å². The van der Waals surface area contributed by atoms with Crippen molar-refractivity contribution in [1.29, 1.82) is 0 Å². The van der Waals surface area contributed by atoms with E-state index in [1.165, 1.54) is 12.1 Å². The lowest BCUT2D eigenvalue weighted by Crippen LogP contribution is -2.22. The molecule has 28 heavy (non-hydrogen) atoms. The fraction of sp³-hybridized carbons (Fsp3) is 0.190. The highest BCUT2D eigenvalue weighted by atomic mass is 32.2. The van der Waals surface area contributed by atoms with Gasteiger partial charge in [-0.15, -0.1) is 0 Å². The molecule has 7 heteroatoms. The van der Waals surface area contributed by atoms with Gasteiger partial charge in [-0.25, -0.2) is 13.2 Å². The van der Waals surface area contributed by atoms with Gasteiger partial charge < -0.3 is 13.9 Å². The summed E-state index contributed by atoms with van der Waals surface area (Å²) in [5, 5.41) is 0.850. The van der Waals surface area contributed by atoms with Gasteiger partial charge in [0.25, 0.3) is 5.95 Å². The minimum Gasteiger partial charge on any atom is -0.449 e. The molecule has 4 rings (SSSR count). The lowest BCUT2D eigenvalue weighted by atomic mass is 9.92. The summed E-state index contributed by atoms with van der Waals surface area (Å²) >= 11 is 0. The molecule has 0 saturated heterocycles. The molecule has 1 aromatic heterocycles. The Labute approximate surface area is 162 Å². The summed E-state index contributed by atoms with van der Waals surface area (Å²) < 4.78 is 40.3. The first-order valence-electron chi connectivity index (χ1n) is 8.60. The van der Waals surface area contributed by atoms with Crippen LogP contribution in [0.2, 0.25) is 0 Å². The Hall–Kier alpha value is -3.06. The third-order valence-electron chi connectivity index (χ3n) is 4.54. The number of carbonyl (C=O) groups is 1. The van der Waals surface area contributed by atoms with Crippen LogP contribution >= 0.6 is 0 Å². The van der Waals surface area contributed by atoms with Crippen molar-refractivity contribution in [2.45, 2.75) is 24.3 Å². The first-order chi connectivity index (χ1) is 13.1. The maximum Gasteiger partial charge on any atom is 0.375 e. The van der Waals surface area contributed by atoms with Crippen LogP contribution in [0.1, 0.15) is 19.4 Å². The molecular formula is C21H18O6S. The molecule has 1 aliphatic rings. The Balaban J connectivity index is 1.79. The predicted octanol–water partition coefficient (Wildman–Crippen LogP) is 3.96. The van der Waals surface area contributed by atoms with E-state index >= 15 is 0 Å². The van der Waals surface area contributed by atoms with Gasteiger partial charge in [-0.1, -0.05) is 30.3 Å². The molecule has 2 heterocycles. The number of rotatable bonds is 4. The normalized spacial score (nSPS) is 16.5. The standard InChI is InChI=1S/C21H18O6S/c1-21(2)18(13-8-10-15(11-9-13)28(3,23)24)19(20(22)27-21)26-17-12-14-6-4-5-7-16(14)25-17/h4-12H,1-3H3. The van der Waals surface area contributed by atoms with E-state index in [-0.39, 0.29) is 16.6 Å². The maximum absolute atomic E-state index is 12.5. The Morgan fingerprint density at radius 2 is 1.68 bits per heavy atom. The SMILES string of the molecule is CC1(C)OC(=O)C(Oc2cc3ccccc3o2)=C1c1ccc(S(C)(=O)=O)cc1. The maximum atomic E-state index is 12.5. The third-order valence-corrected chi connectivity index (χ3v) is 5.67. The summed E-state index contributed by atoms with van der Waals surface area (Å²) in [5.41, 5.74) is 0.862. The van der Waals surface area contributed by atoms with E-state index in [4.69, 9.17) is 13.9 Å². The molecule has 6 nitrogen and oxygen atoms in total. The molecule has 0 N–H and O–H groups in total. The molecule has 1 aliphatic heterocycles. The van der Waals surface area contributed by atoms with Gasteiger partial charge in [-0.05, 0) is 37.6 Å². The zero-order valence-corrected chi connectivity index (χ0v) is 16.4. The number of hydrogen-bond donors (Lipinski definition) is 0. The average Bonchev–Trinajstić information content (AvgIpc) is 3.11. The van der Waals surface area contributed by atoms with Crippen molar-refractivity contribution < 1.29 is 27.1 Å². The quantitative estimate of drug-likeness (QED) is 0.619. The molecule has 0 aliphatic carbocycles. The minimum atomic E-state index is -3.32. The van der Waals surface area contributed by atoms with Crippen LogP contribution in [0.25, 0.3) is 16.5 Å². The largest absolute Gasteiger partial charge is 0.449 e. The molecule has 0 radical (unpaired) electrons. The molecule has 0 unspecified atom stereocenters. The fourth-order valence-corrected chi connectivity index (χ4v) is 3.88. The second-order valence-electron chi connectivity index (χ2n) is 7.11. The monoisotopic (exact) mass is 398 g/mol. The first-order valence-corrected chi connectivity index (χ1v) is 10.5. The smallest absolute Gasteiger partial charge is 0.375 e. The number of esters is 1. The summed E-state index contributed by atoms with van der Waals surface area (Å²) in [6.45, 7) is 3.50. The van der Waals surface area contributed by atoms with Gasteiger partial charge in [-0.2, -0.15) is 0 Å². The number of furan rings is 1. The van der Waals surface area contributed by atoms with E-state index in [1.54, 1.807) is 38.1 Å². The molecule has 0 fully saturated rings. The van der Waals surface area contributed by atoms with Gasteiger partial charge in [-0.3, -0.25) is 0 Å². The molecular weight excluding hydrogens is 380 g/mol. The van der Waals surface area contributed by atoms with Gasteiger partial charge in [0.15, 0.2) is 9.84 Å². The number of carbonyl (C=O) groups excluding carboxylic acids is 1. The van der Waals surface area contributed by atoms with Crippen LogP contribution in [0.4, 0.5) is 0 Å². The number of fused-ring (bicyclic) bond motifs is 1. The van der Waals surface area contributed by atoms with Crippen LogP contribution < -0.4 is 4.74 Å². The second-order valence-corrected chi connectivity index (χ2v) is 9.12. The van der Waals surface area contributed by atoms with Crippen LogP contribution in [0, 0.1) is 0 Å². The van der Waals surface area contributed by atoms with Gasteiger partial charge in [0.05, 0.1) is 10.5 Å². The Morgan fingerprint density at radius 3 is 2.32 bits per heavy atom. The Morgan fingerprint density at radius 1 is 1.00 bits per heavy atom. The molecule has 0 amide bonds. The van der Waals surface area contributed by atoms with Crippen LogP contribution in [0.15, 0.2) is 69.7 Å². The zero-order chi connectivity index (χ0) is 20.1. The fourth-order valence-electron chi connectivity index (χ4n) is 3.25. The van der Waals surface area contributed by atoms with Crippen molar-refractivity contribution >= 4 is 32.3 Å². The topological polar surface area (TPSA) is 82.8 Å². The Kier molecular flexibility index (Phi) is 4.08. The molecule has 0 atom stereocenters. The van der Waals surface area contributed by atoms with Crippen LogP contribution in [0.3, 0.4) is 0 Å². The van der Waals surface area contributed by atoms with Gasteiger partial charge in [0, 0.05) is 17.7 Å². The number of cyclic esters (lactones) is 1. The highest BCUT2D eigenvalue weighted by Gasteiger charge is 2.43. The van der Waals surface area contributed by atoms with Crippen molar-refractivity contribution in [1.82, 2.24) is 0 Å². The number of hydrogen-bond acceptors (Lipinski definition) is 6. The molecule has 3 aromatic rings. The summed E-state index contributed by atoms with van der Waals surface area (Å²) in [5.74, 6) is -0.403. The predicted molar refractivity (Wildman–Crippen MR) is 103 cm³/mol. The number of benzene rings is 2. The molecule has 144 valence electrons. The van der Waals surface area contributed by atoms with E-state index in [2.05, 4.69) is 0 Å². The zero-order valence-electron chi connectivity index (χ0n) is 15.6. The number of ether oxygens (including phenoxy) is 2. The van der Waals surface area contributed by atoms with E-state index < -0.39 is 21.4 Å². The van der Waals surface area contributed by atoms with E-state index in [0.29, 0.717) is 16.7 Å². The molecule has 0 spiro atoms. The third kappa shape index (κ3) is 3.18. The molecule has 0 saturated carbocycles. The summed E-state index contributed by atoms with van der Waals surface area (Å²) in [6.07, 6.45) is 1.14. The highest BCUT2D eigenvalue weighted by Crippen LogP contribution is 2.41. The summed E-state index contributed by atoms with van der Waals surface area (Å²) in [7, 11) is -3.32. The van der Waals surface area contributed by atoms with Crippen LogP contribution in [0.5, 0.6) is 5.95 Å². The minimum absolute atomic E-state index is 0.0242. The van der Waals surface area contributed by atoms with E-state index in [1.807, 2.05) is 18.2 Å². The number of para-hydroxylation sites is 1. The molecule has 2 aromatic carbocycles. The summed E-state index contributed by atoms with van der Waals surface area (Å²) in [4.78, 5) is 12.7. The van der Waals surface area contributed by atoms with Crippen molar-refractivity contribution in [3.63, 3.8) is 0 Å². The van der Waals surface area contributed by atoms with Gasteiger partial charge in [0.1, 0.15) is 11.2 Å². The lowest BCUT2D eigenvalue weighted by Gasteiger charge is -2.21.